The van der Waals surface area contributed by atoms with Crippen LogP contribution < -0.4 is 0 Å². The van der Waals surface area contributed by atoms with Gasteiger partial charge >= 0.3 is 20.2 Å². The summed E-state index contributed by atoms with van der Waals surface area (Å²) < 4.78 is 54.8. The Balaban J connectivity index is 4.67. The molecule has 0 radical (unpaired) electrons. The second kappa shape index (κ2) is 9.78. The van der Waals surface area contributed by atoms with Gasteiger partial charge in [0, 0.05) is 0 Å². The van der Waals surface area contributed by atoms with Crippen molar-refractivity contribution < 1.29 is 25.4 Å². The number of hydrogen-bond acceptors (Lipinski definition) is 8. The smallest absolute Gasteiger partial charge is 0.268 e. The lowest BCUT2D eigenvalue weighted by atomic mass is 10.3. The summed E-state index contributed by atoms with van der Waals surface area (Å²) in [5.74, 6) is -0.253. The summed E-state index contributed by atoms with van der Waals surface area (Å²) in [6.45, 7) is 6.60. The molecule has 0 bridgehead atoms. The van der Waals surface area contributed by atoms with Crippen molar-refractivity contribution in [3.8, 4) is 0 Å². The molecule has 0 spiro atoms. The van der Waals surface area contributed by atoms with Crippen LogP contribution in [0.3, 0.4) is 0 Å². The predicted molar refractivity (Wildman–Crippen MR) is 85.8 cm³/mol. The Hall–Kier alpha value is -1.16. The van der Waals surface area contributed by atoms with E-state index < -0.39 is 20.2 Å². The van der Waals surface area contributed by atoms with Crippen LogP contribution in [0.5, 0.6) is 0 Å². The lowest BCUT2D eigenvalue weighted by Gasteiger charge is -2.03. The summed E-state index contributed by atoms with van der Waals surface area (Å²) in [5, 5.41) is 6.87. The third kappa shape index (κ3) is 9.72. The lowest BCUT2D eigenvalue weighted by molar-refractivity contribution is 0.333. The third-order valence-corrected chi connectivity index (χ3v) is 4.78. The van der Waals surface area contributed by atoms with Crippen molar-refractivity contribution in [1.82, 2.24) is 0 Å². The van der Waals surface area contributed by atoms with Crippen LogP contribution in [0.4, 0.5) is 0 Å². The van der Waals surface area contributed by atoms with Gasteiger partial charge in [-0.3, -0.25) is 8.57 Å². The van der Waals surface area contributed by atoms with E-state index in [4.69, 9.17) is 0 Å². The molecule has 0 aliphatic rings. The highest BCUT2D eigenvalue weighted by Gasteiger charge is 2.13. The highest BCUT2D eigenvalue weighted by Crippen LogP contribution is 2.02. The summed E-state index contributed by atoms with van der Waals surface area (Å²) >= 11 is 0. The number of oxime groups is 2. The van der Waals surface area contributed by atoms with Crippen molar-refractivity contribution >= 4 is 31.7 Å². The zero-order chi connectivity index (χ0) is 17.2. The van der Waals surface area contributed by atoms with Crippen LogP contribution in [0.15, 0.2) is 10.3 Å². The normalized spacial score (nSPS) is 14.0. The topological polar surface area (TPSA) is 111 Å². The van der Waals surface area contributed by atoms with E-state index in [0.717, 1.165) is 12.8 Å². The zero-order valence-electron chi connectivity index (χ0n) is 13.4. The quantitative estimate of drug-likeness (QED) is 0.413. The van der Waals surface area contributed by atoms with Crippen LogP contribution in [-0.2, 0) is 28.8 Å². The largest absolute Gasteiger partial charge is 0.328 e. The van der Waals surface area contributed by atoms with Gasteiger partial charge in [0.15, 0.2) is 0 Å². The van der Waals surface area contributed by atoms with E-state index >= 15 is 0 Å². The van der Waals surface area contributed by atoms with Crippen LogP contribution in [0.25, 0.3) is 0 Å². The minimum Gasteiger partial charge on any atom is -0.268 e. The summed E-state index contributed by atoms with van der Waals surface area (Å²) in [7, 11) is -7.46. The summed E-state index contributed by atoms with van der Waals surface area (Å²) in [6.07, 6.45) is 2.38. The second-order valence-corrected chi connectivity index (χ2v) is 8.08. The Morgan fingerprint density at radius 2 is 1.09 bits per heavy atom. The fourth-order valence-corrected chi connectivity index (χ4v) is 2.96. The first kappa shape index (κ1) is 20.8. The second-order valence-electron chi connectivity index (χ2n) is 4.73. The molecule has 0 N–H and O–H groups in total. The third-order valence-electron chi connectivity index (χ3n) is 2.59. The molecule has 0 unspecified atom stereocenters. The Morgan fingerprint density at radius 3 is 1.36 bits per heavy atom. The molecular weight excluding hydrogens is 332 g/mol. The SMILES string of the molecule is CCCCS(=O)(=O)O/N=C(C)\C(C)=N\OS(=O)(=O)CCCC. The van der Waals surface area contributed by atoms with Gasteiger partial charge in [-0.05, 0) is 26.7 Å². The van der Waals surface area contributed by atoms with Crippen LogP contribution in [-0.4, -0.2) is 39.8 Å². The van der Waals surface area contributed by atoms with E-state index in [1.807, 2.05) is 13.8 Å². The van der Waals surface area contributed by atoms with Crippen molar-refractivity contribution in [1.29, 1.82) is 0 Å². The maximum Gasteiger partial charge on any atom is 0.328 e. The first-order valence-corrected chi connectivity index (χ1v) is 10.2. The van der Waals surface area contributed by atoms with E-state index in [1.165, 1.54) is 13.8 Å². The Kier molecular flexibility index (Phi) is 9.26. The van der Waals surface area contributed by atoms with E-state index in [2.05, 4.69) is 18.9 Å². The molecule has 0 aromatic carbocycles. The molecule has 0 heterocycles. The number of rotatable bonds is 11. The molecule has 0 saturated heterocycles. The zero-order valence-corrected chi connectivity index (χ0v) is 15.0. The van der Waals surface area contributed by atoms with E-state index in [-0.39, 0.29) is 22.9 Å². The molecule has 0 aromatic heterocycles. The van der Waals surface area contributed by atoms with Gasteiger partial charge in [-0.25, -0.2) is 0 Å². The monoisotopic (exact) mass is 356 g/mol. The lowest BCUT2D eigenvalue weighted by Crippen LogP contribution is -2.14. The van der Waals surface area contributed by atoms with Gasteiger partial charge in [0.05, 0.1) is 11.5 Å². The van der Waals surface area contributed by atoms with E-state index in [0.29, 0.717) is 12.8 Å². The average Bonchev–Trinajstić information content (AvgIpc) is 2.46. The van der Waals surface area contributed by atoms with Gasteiger partial charge < -0.3 is 0 Å². The molecule has 10 heteroatoms. The van der Waals surface area contributed by atoms with Crippen molar-refractivity contribution in [3.63, 3.8) is 0 Å². The van der Waals surface area contributed by atoms with Crippen LogP contribution in [0.1, 0.15) is 53.4 Å². The van der Waals surface area contributed by atoms with Crippen molar-refractivity contribution in [3.05, 3.63) is 0 Å². The first-order valence-electron chi connectivity index (χ1n) is 7.05. The summed E-state index contributed by atoms with van der Waals surface area (Å²) in [4.78, 5) is 0. The Morgan fingerprint density at radius 1 is 0.773 bits per heavy atom. The van der Waals surface area contributed by atoms with Gasteiger partial charge in [0.1, 0.15) is 11.4 Å². The van der Waals surface area contributed by atoms with Crippen molar-refractivity contribution in [2.24, 2.45) is 10.3 Å². The summed E-state index contributed by atoms with van der Waals surface area (Å²) in [5.41, 5.74) is 0.233. The minimum atomic E-state index is -3.73. The van der Waals surface area contributed by atoms with Gasteiger partial charge in [-0.15, -0.1) is 0 Å². The highest BCUT2D eigenvalue weighted by molar-refractivity contribution is 7.86. The molecule has 0 amide bonds. The predicted octanol–water partition coefficient (Wildman–Crippen LogP) is 2.03. The average molecular weight is 356 g/mol. The van der Waals surface area contributed by atoms with Gasteiger partial charge in [0.25, 0.3) is 0 Å². The molecular formula is C12H24N2O6S2. The molecule has 0 aliphatic carbocycles. The number of nitrogens with zero attached hydrogens (tertiary/aromatic N) is 2. The maximum absolute atomic E-state index is 11.5. The molecule has 0 aromatic rings. The Bertz CT molecular complexity index is 539. The van der Waals surface area contributed by atoms with Crippen LogP contribution >= 0.6 is 0 Å². The molecule has 0 saturated carbocycles. The molecule has 0 rings (SSSR count). The molecule has 0 atom stereocenters. The standard InChI is InChI=1S/C12H24N2O6S2/c1-5-7-9-21(15,16)19-13-11(3)12(4)14-20-22(17,18)10-8-6-2/h5-10H2,1-4H3/b13-11-,14-12+. The summed E-state index contributed by atoms with van der Waals surface area (Å²) in [6, 6.07) is 0. The van der Waals surface area contributed by atoms with Crippen LogP contribution in [0, 0.1) is 0 Å². The maximum atomic E-state index is 11.5. The van der Waals surface area contributed by atoms with E-state index in [1.54, 1.807) is 0 Å². The van der Waals surface area contributed by atoms with Gasteiger partial charge in [0.2, 0.25) is 0 Å². The first-order chi connectivity index (χ1) is 10.1. The molecule has 130 valence electrons. The molecule has 0 aliphatic heterocycles. The number of unbranched alkanes of at least 4 members (excludes halogenated alkanes) is 2. The highest BCUT2D eigenvalue weighted by atomic mass is 32.2. The fourth-order valence-electron chi connectivity index (χ4n) is 1.07. The molecule has 0 fully saturated rings. The molecule has 8 nitrogen and oxygen atoms in total. The Labute approximate surface area is 132 Å². The van der Waals surface area contributed by atoms with Gasteiger partial charge in [-0.2, -0.15) is 16.8 Å². The minimum absolute atomic E-state index is 0.116. The fraction of sp³-hybridized carbons (Fsp3) is 0.833. The molecule has 22 heavy (non-hydrogen) atoms. The van der Waals surface area contributed by atoms with Gasteiger partial charge in [-0.1, -0.05) is 37.0 Å². The number of hydrogen-bond donors (Lipinski definition) is 0. The van der Waals surface area contributed by atoms with E-state index in [9.17, 15) is 16.8 Å². The van der Waals surface area contributed by atoms with Crippen LogP contribution in [0.2, 0.25) is 0 Å². The van der Waals surface area contributed by atoms with Crippen molar-refractivity contribution in [2.75, 3.05) is 11.5 Å². The van der Waals surface area contributed by atoms with Crippen molar-refractivity contribution in [2.45, 2.75) is 53.4 Å².